The summed E-state index contributed by atoms with van der Waals surface area (Å²) in [5, 5.41) is 3.58. The Bertz CT molecular complexity index is 2300. The smallest absolute Gasteiger partial charge is 0.317 e. The van der Waals surface area contributed by atoms with Crippen LogP contribution in [0.2, 0.25) is 30.7 Å². The van der Waals surface area contributed by atoms with Gasteiger partial charge in [0.05, 0.1) is 59.6 Å². The third-order valence-corrected chi connectivity index (χ3v) is 8.52. The maximum Gasteiger partial charge on any atom is 0.317 e. The fraction of sp³-hybridized carbons (Fsp3) is 0.152. The lowest BCUT2D eigenvalue weighted by atomic mass is 10.0. The highest BCUT2D eigenvalue weighted by molar-refractivity contribution is 8.31. The molecule has 0 radical (unpaired) electrons. The van der Waals surface area contributed by atoms with E-state index >= 15 is 0 Å². The summed E-state index contributed by atoms with van der Waals surface area (Å²) in [5.41, 5.74) is 4.17. The van der Waals surface area contributed by atoms with E-state index in [1.807, 2.05) is 18.2 Å². The van der Waals surface area contributed by atoms with Gasteiger partial charge >= 0.3 is 8.26 Å². The van der Waals surface area contributed by atoms with Gasteiger partial charge in [-0.25, -0.2) is 19.9 Å². The number of rotatable bonds is 6. The summed E-state index contributed by atoms with van der Waals surface area (Å²) >= 11 is 37.3. The van der Waals surface area contributed by atoms with Crippen molar-refractivity contribution in [3.05, 3.63) is 91.6 Å². The van der Waals surface area contributed by atoms with Crippen LogP contribution in [0.5, 0.6) is 23.0 Å². The molecule has 0 amide bonds. The highest BCUT2D eigenvalue weighted by Gasteiger charge is 2.21. The van der Waals surface area contributed by atoms with E-state index in [1.54, 1.807) is 56.9 Å². The quantitative estimate of drug-likeness (QED) is 0.118. The van der Waals surface area contributed by atoms with Crippen molar-refractivity contribution in [3.63, 3.8) is 0 Å². The van der Waals surface area contributed by atoms with Gasteiger partial charge in [0, 0.05) is 73.4 Å². The number of hydrogen-bond donors (Lipinski definition) is 0. The normalized spacial score (nSPS) is 10.7. The van der Waals surface area contributed by atoms with E-state index in [0.717, 1.165) is 21.9 Å². The molecule has 2 aromatic heterocycles. The lowest BCUT2D eigenvalue weighted by Gasteiger charge is -2.16. The first kappa shape index (κ1) is 43.4. The molecule has 0 aliphatic carbocycles. The molecule has 6 rings (SSSR count). The SMILES string of the molecule is C.COc1cc(OC)c(Cl)c(-c2cc3cnc(Cl)nc3cc2Cl)c1Cl.COc1cc(OC)cc(-c2cc3cnc(Cl)nc3cc2Cl)c1.O=S(=O)(Cl)Cl. The van der Waals surface area contributed by atoms with Crippen LogP contribution in [0.3, 0.4) is 0 Å². The number of hydrogen-bond acceptors (Lipinski definition) is 10. The number of halogens is 8. The second kappa shape index (κ2) is 18.9. The van der Waals surface area contributed by atoms with Gasteiger partial charge in [-0.2, -0.15) is 8.42 Å². The first-order chi connectivity index (χ1) is 24.1. The maximum absolute atomic E-state index is 9.16. The molecule has 2 heterocycles. The van der Waals surface area contributed by atoms with Gasteiger partial charge in [-0.05, 0) is 65.2 Å². The predicted molar refractivity (Wildman–Crippen MR) is 214 cm³/mol. The Morgan fingerprint density at radius 2 is 0.962 bits per heavy atom. The number of methoxy groups -OCH3 is 4. The van der Waals surface area contributed by atoms with Crippen LogP contribution in [-0.2, 0) is 8.26 Å². The topological polar surface area (TPSA) is 123 Å². The number of fused-ring (bicyclic) bond motifs is 2. The van der Waals surface area contributed by atoms with Gasteiger partial charge in [-0.1, -0.05) is 53.8 Å². The van der Waals surface area contributed by atoms with Crippen molar-refractivity contribution in [1.82, 2.24) is 19.9 Å². The van der Waals surface area contributed by atoms with Crippen LogP contribution in [0, 0.1) is 0 Å². The van der Waals surface area contributed by atoms with E-state index in [2.05, 4.69) is 41.3 Å². The molecule has 0 unspecified atom stereocenters. The second-order valence-electron chi connectivity index (χ2n) is 9.82. The van der Waals surface area contributed by atoms with Crippen LogP contribution in [0.4, 0.5) is 0 Å². The molecule has 0 saturated carbocycles. The van der Waals surface area contributed by atoms with Crippen molar-refractivity contribution < 1.29 is 27.4 Å². The number of aromatic nitrogens is 4. The van der Waals surface area contributed by atoms with Gasteiger partial charge in [0.15, 0.2) is 0 Å². The third kappa shape index (κ3) is 11.0. The van der Waals surface area contributed by atoms with Crippen molar-refractivity contribution in [3.8, 4) is 45.3 Å². The summed E-state index contributed by atoms with van der Waals surface area (Å²) in [7, 11) is 11.0. The Kier molecular flexibility index (Phi) is 15.8. The first-order valence-electron chi connectivity index (χ1n) is 13.8. The van der Waals surface area contributed by atoms with Crippen molar-refractivity contribution in [2.24, 2.45) is 0 Å². The van der Waals surface area contributed by atoms with Gasteiger partial charge in [0.1, 0.15) is 23.0 Å². The molecule has 0 aliphatic heterocycles. The molecule has 6 aromatic rings. The molecule has 0 bridgehead atoms. The van der Waals surface area contributed by atoms with E-state index < -0.39 is 8.26 Å². The zero-order valence-electron chi connectivity index (χ0n) is 26.4. The van der Waals surface area contributed by atoms with E-state index in [9.17, 15) is 0 Å². The molecule has 0 N–H and O–H groups in total. The van der Waals surface area contributed by atoms with Gasteiger partial charge < -0.3 is 18.9 Å². The van der Waals surface area contributed by atoms with Gasteiger partial charge in [0.2, 0.25) is 10.6 Å². The second-order valence-corrected chi connectivity index (χ2v) is 15.7. The summed E-state index contributed by atoms with van der Waals surface area (Å²) in [5.74, 6) is 2.24. The van der Waals surface area contributed by atoms with Crippen LogP contribution in [0.15, 0.2) is 60.9 Å². The lowest BCUT2D eigenvalue weighted by molar-refractivity contribution is 0.394. The van der Waals surface area contributed by atoms with E-state index in [1.165, 1.54) is 14.2 Å². The predicted octanol–water partition coefficient (Wildman–Crippen LogP) is 11.9. The Labute approximate surface area is 338 Å². The third-order valence-electron chi connectivity index (χ3n) is 6.78. The number of nitrogens with zero attached hydrogens (tertiary/aromatic N) is 4. The van der Waals surface area contributed by atoms with Crippen LogP contribution in [0.1, 0.15) is 7.43 Å². The fourth-order valence-electron chi connectivity index (χ4n) is 4.56. The number of benzene rings is 4. The molecule has 0 aliphatic rings. The summed E-state index contributed by atoms with van der Waals surface area (Å²) in [6.07, 6.45) is 3.27. The van der Waals surface area contributed by atoms with E-state index in [0.29, 0.717) is 65.2 Å². The van der Waals surface area contributed by atoms with Crippen molar-refractivity contribution in [2.45, 2.75) is 7.43 Å². The molecule has 0 saturated heterocycles. The Morgan fingerprint density at radius 1 is 0.558 bits per heavy atom. The Hall–Kier alpha value is -2.97. The van der Waals surface area contributed by atoms with Crippen LogP contribution in [-0.4, -0.2) is 56.8 Å². The van der Waals surface area contributed by atoms with Crippen molar-refractivity contribution in [2.75, 3.05) is 28.4 Å². The average Bonchev–Trinajstić information content (AvgIpc) is 3.07. The molecular weight excluding hydrogens is 864 g/mol. The number of ether oxygens (including phenoxy) is 4. The summed E-state index contributed by atoms with van der Waals surface area (Å²) < 4.78 is 39.5. The zero-order chi connectivity index (χ0) is 37.6. The van der Waals surface area contributed by atoms with Crippen molar-refractivity contribution >= 4 is 121 Å². The molecular formula is C33H26Cl8N4O6S. The summed E-state index contributed by atoms with van der Waals surface area (Å²) in [6.45, 7) is 0. The molecule has 0 spiro atoms. The van der Waals surface area contributed by atoms with Gasteiger partial charge in [-0.3, -0.25) is 0 Å². The lowest BCUT2D eigenvalue weighted by Crippen LogP contribution is -1.94. The van der Waals surface area contributed by atoms with Crippen LogP contribution < -0.4 is 18.9 Å². The molecule has 19 heteroatoms. The standard InChI is InChI=1S/C16H10Cl4N2O2.C16H12Cl2N2O2.CH4.Cl2O2S/c1-23-11-5-12(24-2)15(19)13(14(11)18)8-3-7-6-21-16(20)22-10(7)4-9(8)17;1-21-11-3-9(4-12(6-11)22-2)13-5-10-8-19-16(18)20-15(10)7-14(13)17;;1-5(2,3)4/h3-6H,1-2H3;3-8H,1-2H3;1H4;. The molecule has 4 aromatic carbocycles. The molecule has 0 atom stereocenters. The van der Waals surface area contributed by atoms with Gasteiger partial charge in [-0.15, -0.1) is 0 Å². The first-order valence-corrected chi connectivity index (χ1v) is 19.2. The van der Waals surface area contributed by atoms with Crippen LogP contribution in [0.25, 0.3) is 44.1 Å². The van der Waals surface area contributed by atoms with E-state index in [4.69, 9.17) is 97.0 Å². The minimum absolute atomic E-state index is 0. The summed E-state index contributed by atoms with van der Waals surface area (Å²) in [6, 6.07) is 14.4. The molecule has 10 nitrogen and oxygen atoms in total. The fourth-order valence-corrected chi connectivity index (χ4v) is 6.06. The Morgan fingerprint density at radius 3 is 1.37 bits per heavy atom. The summed E-state index contributed by atoms with van der Waals surface area (Å²) in [4.78, 5) is 16.3. The van der Waals surface area contributed by atoms with Gasteiger partial charge in [0.25, 0.3) is 0 Å². The maximum atomic E-state index is 9.16. The molecule has 0 fully saturated rings. The highest BCUT2D eigenvalue weighted by atomic mass is 36.0. The van der Waals surface area contributed by atoms with Crippen LogP contribution >= 0.6 is 91.0 Å². The minimum atomic E-state index is -3.72. The minimum Gasteiger partial charge on any atom is -0.497 e. The zero-order valence-corrected chi connectivity index (χ0v) is 33.3. The molecule has 276 valence electrons. The largest absolute Gasteiger partial charge is 0.497 e. The highest BCUT2D eigenvalue weighted by Crippen LogP contribution is 2.48. The van der Waals surface area contributed by atoms with E-state index in [-0.39, 0.29) is 18.0 Å². The monoisotopic (exact) mass is 886 g/mol. The Balaban J connectivity index is 0.000000245. The average molecular weight is 890 g/mol. The molecule has 52 heavy (non-hydrogen) atoms. The van der Waals surface area contributed by atoms with Crippen molar-refractivity contribution in [1.29, 1.82) is 0 Å².